The van der Waals surface area contributed by atoms with Crippen molar-refractivity contribution in [2.45, 2.75) is 13.5 Å². The molecule has 0 aliphatic heterocycles. The van der Waals surface area contributed by atoms with Gasteiger partial charge in [0.1, 0.15) is 29.8 Å². The third-order valence-corrected chi connectivity index (χ3v) is 5.44. The van der Waals surface area contributed by atoms with Gasteiger partial charge in [0.05, 0.1) is 16.5 Å². The van der Waals surface area contributed by atoms with Gasteiger partial charge in [0.25, 0.3) is 11.6 Å². The largest absolute Gasteiger partial charge is 0.493 e. The second-order valence-electron chi connectivity index (χ2n) is 7.32. The van der Waals surface area contributed by atoms with Crippen LogP contribution in [-0.2, 0) is 11.4 Å². The third kappa shape index (κ3) is 6.22. The fourth-order valence-corrected chi connectivity index (χ4v) is 3.71. The molecule has 0 heterocycles. The Kier molecular flexibility index (Phi) is 8.17. The summed E-state index contributed by atoms with van der Waals surface area (Å²) in [5.74, 6) is -0.616. The molecule has 0 bridgehead atoms. The Bertz CT molecular complexity index is 1370. The maximum absolute atomic E-state index is 13.9. The van der Waals surface area contributed by atoms with E-state index in [0.717, 1.165) is 0 Å². The summed E-state index contributed by atoms with van der Waals surface area (Å²) < 4.78 is 25.5. The summed E-state index contributed by atoms with van der Waals surface area (Å²) in [5.41, 5.74) is 0.851. The van der Waals surface area contributed by atoms with Crippen LogP contribution in [0.3, 0.4) is 0 Å². The summed E-state index contributed by atoms with van der Waals surface area (Å²) in [6, 6.07) is 15.5. The molecule has 0 aliphatic rings. The number of halogens is 2. The predicted octanol–water partition coefficient (Wildman–Crippen LogP) is 5.94. The van der Waals surface area contributed by atoms with Gasteiger partial charge in [-0.05, 0) is 64.3 Å². The number of carbonyl (C=O) groups excluding carboxylic acids is 1. The Labute approximate surface area is 208 Å². The maximum Gasteiger partial charge on any atom is 0.293 e. The van der Waals surface area contributed by atoms with Crippen molar-refractivity contribution in [2.24, 2.45) is 0 Å². The lowest BCUT2D eigenvalue weighted by atomic mass is 10.1. The summed E-state index contributed by atoms with van der Waals surface area (Å²) in [6.45, 7) is 1.65. The first-order chi connectivity index (χ1) is 16.7. The molecule has 0 saturated heterocycles. The predicted molar refractivity (Wildman–Crippen MR) is 131 cm³/mol. The molecule has 0 fully saturated rings. The normalized spacial score (nSPS) is 10.9. The van der Waals surface area contributed by atoms with Crippen LogP contribution in [-0.4, -0.2) is 17.9 Å². The van der Waals surface area contributed by atoms with Gasteiger partial charge in [-0.3, -0.25) is 14.9 Å². The van der Waals surface area contributed by atoms with Gasteiger partial charge in [-0.25, -0.2) is 4.39 Å². The van der Waals surface area contributed by atoms with E-state index >= 15 is 0 Å². The number of ether oxygens (including phenoxy) is 2. The van der Waals surface area contributed by atoms with Crippen LogP contribution in [0.2, 0.25) is 0 Å². The SMILES string of the molecule is COc1cc(/C=C(\C#N)C(=O)Nc2ccc(C)cc2[N+](=O)[O-])cc(Br)c1OCc1ccccc1F. The van der Waals surface area contributed by atoms with E-state index in [9.17, 15) is 24.6 Å². The number of rotatable bonds is 8. The Morgan fingerprint density at radius 1 is 1.26 bits per heavy atom. The molecule has 0 unspecified atom stereocenters. The van der Waals surface area contributed by atoms with E-state index in [0.29, 0.717) is 26.9 Å². The highest BCUT2D eigenvalue weighted by Crippen LogP contribution is 2.38. The highest BCUT2D eigenvalue weighted by atomic mass is 79.9. The van der Waals surface area contributed by atoms with Crippen LogP contribution in [0.4, 0.5) is 15.8 Å². The minimum atomic E-state index is -0.811. The second-order valence-corrected chi connectivity index (χ2v) is 8.17. The van der Waals surface area contributed by atoms with E-state index in [1.807, 2.05) is 0 Å². The van der Waals surface area contributed by atoms with Crippen molar-refractivity contribution in [3.8, 4) is 17.6 Å². The number of methoxy groups -OCH3 is 1. The number of anilines is 1. The van der Waals surface area contributed by atoms with Gasteiger partial charge in [0.15, 0.2) is 11.5 Å². The second kappa shape index (κ2) is 11.3. The molecule has 3 aromatic rings. The van der Waals surface area contributed by atoms with Crippen LogP contribution in [0.5, 0.6) is 11.5 Å². The Morgan fingerprint density at radius 3 is 2.66 bits per heavy atom. The van der Waals surface area contributed by atoms with E-state index in [4.69, 9.17) is 9.47 Å². The first-order valence-electron chi connectivity index (χ1n) is 10.2. The van der Waals surface area contributed by atoms with Gasteiger partial charge < -0.3 is 14.8 Å². The zero-order chi connectivity index (χ0) is 25.5. The molecule has 1 amide bonds. The van der Waals surface area contributed by atoms with Gasteiger partial charge in [-0.2, -0.15) is 5.26 Å². The Morgan fingerprint density at radius 2 is 2.00 bits per heavy atom. The molecule has 0 radical (unpaired) electrons. The molecule has 1 N–H and O–H groups in total. The molecular formula is C25H19BrFN3O5. The molecule has 3 aromatic carbocycles. The fourth-order valence-electron chi connectivity index (χ4n) is 3.13. The molecule has 8 nitrogen and oxygen atoms in total. The number of carbonyl (C=O) groups is 1. The van der Waals surface area contributed by atoms with Crippen LogP contribution in [0.1, 0.15) is 16.7 Å². The molecule has 0 spiro atoms. The summed E-state index contributed by atoms with van der Waals surface area (Å²) in [5, 5.41) is 23.3. The van der Waals surface area contributed by atoms with Crippen LogP contribution < -0.4 is 14.8 Å². The maximum atomic E-state index is 13.9. The lowest BCUT2D eigenvalue weighted by molar-refractivity contribution is -0.384. The minimum Gasteiger partial charge on any atom is -0.493 e. The smallest absolute Gasteiger partial charge is 0.293 e. The molecular weight excluding hydrogens is 521 g/mol. The summed E-state index contributed by atoms with van der Waals surface area (Å²) in [7, 11) is 1.42. The number of benzene rings is 3. The molecule has 0 aromatic heterocycles. The number of nitro groups is 1. The van der Waals surface area contributed by atoms with Crippen molar-refractivity contribution < 1.29 is 23.6 Å². The van der Waals surface area contributed by atoms with Gasteiger partial charge in [0, 0.05) is 11.6 Å². The standard InChI is InChI=1S/C25H19BrFN3O5/c1-15-7-8-21(22(9-15)30(32)33)29-25(31)18(13-28)10-16-11-19(26)24(23(12-16)34-2)35-14-17-5-3-4-6-20(17)27/h3-12H,14H2,1-2H3,(H,29,31)/b18-10+. The molecule has 10 heteroatoms. The summed E-state index contributed by atoms with van der Waals surface area (Å²) >= 11 is 3.38. The summed E-state index contributed by atoms with van der Waals surface area (Å²) in [6.07, 6.45) is 1.31. The highest BCUT2D eigenvalue weighted by Gasteiger charge is 2.19. The van der Waals surface area contributed by atoms with E-state index in [1.165, 1.54) is 31.4 Å². The Balaban J connectivity index is 1.86. The number of nitriles is 1. The molecule has 178 valence electrons. The van der Waals surface area contributed by atoms with E-state index < -0.39 is 16.6 Å². The zero-order valence-electron chi connectivity index (χ0n) is 18.7. The van der Waals surface area contributed by atoms with Crippen molar-refractivity contribution in [2.75, 3.05) is 12.4 Å². The fraction of sp³-hybridized carbons (Fsp3) is 0.120. The first kappa shape index (κ1) is 25.4. The molecule has 3 rings (SSSR count). The topological polar surface area (TPSA) is 114 Å². The van der Waals surface area contributed by atoms with Crippen molar-refractivity contribution in [3.05, 3.63) is 97.3 Å². The minimum absolute atomic E-state index is 0.0256. The van der Waals surface area contributed by atoms with Crippen LogP contribution in [0.25, 0.3) is 6.08 Å². The summed E-state index contributed by atoms with van der Waals surface area (Å²) in [4.78, 5) is 23.4. The van der Waals surface area contributed by atoms with Gasteiger partial charge >= 0.3 is 0 Å². The van der Waals surface area contributed by atoms with E-state index in [1.54, 1.807) is 49.4 Å². The van der Waals surface area contributed by atoms with E-state index in [-0.39, 0.29) is 29.3 Å². The Hall–Kier alpha value is -4.23. The molecule has 0 aliphatic carbocycles. The molecule has 35 heavy (non-hydrogen) atoms. The van der Waals surface area contributed by atoms with Gasteiger partial charge in [-0.15, -0.1) is 0 Å². The van der Waals surface area contributed by atoms with Gasteiger partial charge in [0.2, 0.25) is 0 Å². The number of hydrogen-bond acceptors (Lipinski definition) is 6. The number of nitro benzene ring substituents is 1. The number of nitrogens with one attached hydrogen (secondary N) is 1. The number of nitrogens with zero attached hydrogens (tertiary/aromatic N) is 2. The number of amides is 1. The van der Waals surface area contributed by atoms with Crippen LogP contribution in [0, 0.1) is 34.2 Å². The number of hydrogen-bond donors (Lipinski definition) is 1. The van der Waals surface area contributed by atoms with E-state index in [2.05, 4.69) is 21.2 Å². The van der Waals surface area contributed by atoms with Gasteiger partial charge in [-0.1, -0.05) is 24.3 Å². The average molecular weight is 540 g/mol. The lowest BCUT2D eigenvalue weighted by Gasteiger charge is -2.14. The molecule has 0 atom stereocenters. The quantitative estimate of drug-likeness (QED) is 0.164. The van der Waals surface area contributed by atoms with Crippen molar-refractivity contribution in [1.82, 2.24) is 0 Å². The molecule has 0 saturated carbocycles. The van der Waals surface area contributed by atoms with Crippen molar-refractivity contribution in [1.29, 1.82) is 5.26 Å². The van der Waals surface area contributed by atoms with Crippen LogP contribution >= 0.6 is 15.9 Å². The third-order valence-electron chi connectivity index (χ3n) is 4.86. The monoisotopic (exact) mass is 539 g/mol. The number of aryl methyl sites for hydroxylation is 1. The highest BCUT2D eigenvalue weighted by molar-refractivity contribution is 9.10. The zero-order valence-corrected chi connectivity index (χ0v) is 20.3. The average Bonchev–Trinajstić information content (AvgIpc) is 2.83. The van der Waals surface area contributed by atoms with Crippen molar-refractivity contribution >= 4 is 39.3 Å². The lowest BCUT2D eigenvalue weighted by Crippen LogP contribution is -2.14. The first-order valence-corrected chi connectivity index (χ1v) is 10.9. The van der Waals surface area contributed by atoms with Crippen LogP contribution in [0.15, 0.2) is 64.6 Å². The van der Waals surface area contributed by atoms with Crippen molar-refractivity contribution in [3.63, 3.8) is 0 Å².